The summed E-state index contributed by atoms with van der Waals surface area (Å²) in [6.45, 7) is 2.12. The van der Waals surface area contributed by atoms with E-state index in [2.05, 4.69) is 16.9 Å². The number of rotatable bonds is 1. The predicted molar refractivity (Wildman–Crippen MR) is 71.3 cm³/mol. The van der Waals surface area contributed by atoms with E-state index in [9.17, 15) is 5.11 Å². The lowest BCUT2D eigenvalue weighted by molar-refractivity contribution is 0.250. The van der Waals surface area contributed by atoms with E-state index in [1.54, 1.807) is 16.5 Å². The third-order valence-electron chi connectivity index (χ3n) is 3.71. The average molecular weight is 266 g/mol. The smallest absolute Gasteiger partial charge is 0.197 e. The van der Waals surface area contributed by atoms with Gasteiger partial charge in [-0.15, -0.1) is 0 Å². The number of likely N-dealkylation sites (tertiary alicyclic amines) is 1. The van der Waals surface area contributed by atoms with Gasteiger partial charge in [-0.25, -0.2) is 4.98 Å². The first-order valence-corrected chi connectivity index (χ1v) is 6.59. The third kappa shape index (κ3) is 1.85. The van der Waals surface area contributed by atoms with E-state index in [4.69, 9.17) is 11.6 Å². The molecule has 3 heterocycles. The molecule has 1 saturated heterocycles. The van der Waals surface area contributed by atoms with Crippen LogP contribution in [0.4, 0.5) is 0 Å². The Kier molecular flexibility index (Phi) is 2.92. The Balaban J connectivity index is 2.07. The molecule has 0 bridgehead atoms. The molecule has 0 radical (unpaired) electrons. The van der Waals surface area contributed by atoms with Gasteiger partial charge in [-0.2, -0.15) is 0 Å². The second kappa shape index (κ2) is 4.44. The highest BCUT2D eigenvalue weighted by molar-refractivity contribution is 6.32. The Hall–Kier alpha value is -1.26. The Morgan fingerprint density at radius 3 is 2.78 bits per heavy atom. The molecule has 4 nitrogen and oxygen atoms in total. The van der Waals surface area contributed by atoms with Gasteiger partial charge in [0.05, 0.1) is 5.52 Å². The van der Waals surface area contributed by atoms with Gasteiger partial charge in [-0.3, -0.25) is 4.40 Å². The summed E-state index contributed by atoms with van der Waals surface area (Å²) in [6, 6.07) is 5.34. The number of pyridine rings is 1. The molecule has 0 aliphatic carbocycles. The quantitative estimate of drug-likeness (QED) is 0.861. The Bertz CT molecular complexity index is 573. The zero-order chi connectivity index (χ0) is 12.7. The van der Waals surface area contributed by atoms with Crippen LogP contribution in [-0.2, 0) is 0 Å². The van der Waals surface area contributed by atoms with E-state index in [0.29, 0.717) is 11.1 Å². The summed E-state index contributed by atoms with van der Waals surface area (Å²) in [6.07, 6.45) is 2.11. The zero-order valence-electron chi connectivity index (χ0n) is 10.3. The minimum absolute atomic E-state index is 0.209. The molecule has 18 heavy (non-hydrogen) atoms. The molecule has 0 spiro atoms. The van der Waals surface area contributed by atoms with Gasteiger partial charge < -0.3 is 10.0 Å². The maximum Gasteiger partial charge on any atom is 0.197 e. The molecule has 96 valence electrons. The Morgan fingerprint density at radius 2 is 2.06 bits per heavy atom. The number of hydrogen-bond acceptors (Lipinski definition) is 3. The number of aromatic nitrogens is 2. The number of hydrogen-bond donors (Lipinski definition) is 1. The Labute approximate surface area is 111 Å². The normalized spacial score (nSPS) is 18.6. The average Bonchev–Trinajstić information content (AvgIpc) is 2.70. The van der Waals surface area contributed by atoms with Crippen molar-refractivity contribution in [1.29, 1.82) is 0 Å². The van der Waals surface area contributed by atoms with Crippen molar-refractivity contribution in [2.45, 2.75) is 18.8 Å². The standard InChI is InChI=1S/C13H16ClN3O/c1-16-7-5-9(6-8-16)13-15-12(14)10-3-2-4-11(18)17(10)13/h2-4,9,18H,5-8H2,1H3. The molecule has 2 aromatic rings. The lowest BCUT2D eigenvalue weighted by Gasteiger charge is -2.28. The summed E-state index contributed by atoms with van der Waals surface area (Å²) in [5.74, 6) is 1.47. The first-order chi connectivity index (χ1) is 8.66. The lowest BCUT2D eigenvalue weighted by Crippen LogP contribution is -2.29. The second-order valence-electron chi connectivity index (χ2n) is 4.94. The molecule has 0 aromatic carbocycles. The number of imidazole rings is 1. The summed E-state index contributed by atoms with van der Waals surface area (Å²) < 4.78 is 1.78. The van der Waals surface area contributed by atoms with Crippen LogP contribution in [-0.4, -0.2) is 39.5 Å². The van der Waals surface area contributed by atoms with Gasteiger partial charge >= 0.3 is 0 Å². The first kappa shape index (κ1) is 11.8. The fraction of sp³-hybridized carbons (Fsp3) is 0.462. The fourth-order valence-electron chi connectivity index (χ4n) is 2.65. The highest BCUT2D eigenvalue weighted by Gasteiger charge is 2.24. The van der Waals surface area contributed by atoms with Gasteiger partial charge in [0.25, 0.3) is 0 Å². The van der Waals surface area contributed by atoms with Gasteiger partial charge in [0.1, 0.15) is 5.82 Å². The molecule has 2 aromatic heterocycles. The van der Waals surface area contributed by atoms with Gasteiger partial charge in [-0.05, 0) is 45.1 Å². The summed E-state index contributed by atoms with van der Waals surface area (Å²) in [5.41, 5.74) is 0.783. The van der Waals surface area contributed by atoms with Gasteiger partial charge in [0.15, 0.2) is 11.0 Å². The Morgan fingerprint density at radius 1 is 1.33 bits per heavy atom. The maximum atomic E-state index is 10.0. The first-order valence-electron chi connectivity index (χ1n) is 6.21. The molecule has 0 amide bonds. The number of aromatic hydroxyl groups is 1. The zero-order valence-corrected chi connectivity index (χ0v) is 11.1. The molecule has 1 fully saturated rings. The van der Waals surface area contributed by atoms with Crippen molar-refractivity contribution in [2.75, 3.05) is 20.1 Å². The largest absolute Gasteiger partial charge is 0.494 e. The van der Waals surface area contributed by atoms with Crippen molar-refractivity contribution in [3.63, 3.8) is 0 Å². The van der Waals surface area contributed by atoms with Crippen molar-refractivity contribution in [3.8, 4) is 5.88 Å². The monoisotopic (exact) mass is 265 g/mol. The van der Waals surface area contributed by atoms with E-state index in [-0.39, 0.29) is 5.88 Å². The lowest BCUT2D eigenvalue weighted by atomic mass is 9.96. The summed E-state index contributed by atoms with van der Waals surface area (Å²) in [7, 11) is 2.13. The number of fused-ring (bicyclic) bond motifs is 1. The van der Waals surface area contributed by atoms with Gasteiger partial charge in [0.2, 0.25) is 0 Å². The van der Waals surface area contributed by atoms with Crippen LogP contribution in [0.3, 0.4) is 0 Å². The van der Waals surface area contributed by atoms with Crippen LogP contribution in [0, 0.1) is 0 Å². The molecule has 0 unspecified atom stereocenters. The summed E-state index contributed by atoms with van der Waals surface area (Å²) in [5, 5.41) is 10.5. The van der Waals surface area contributed by atoms with Crippen LogP contribution in [0.2, 0.25) is 5.15 Å². The van der Waals surface area contributed by atoms with Crippen LogP contribution in [0.15, 0.2) is 18.2 Å². The molecule has 1 aliphatic heterocycles. The number of piperidine rings is 1. The minimum atomic E-state index is 0.209. The molecular formula is C13H16ClN3O. The maximum absolute atomic E-state index is 10.0. The minimum Gasteiger partial charge on any atom is -0.494 e. The van der Waals surface area contributed by atoms with Gasteiger partial charge in [0, 0.05) is 5.92 Å². The van der Waals surface area contributed by atoms with Crippen LogP contribution >= 0.6 is 11.6 Å². The summed E-state index contributed by atoms with van der Waals surface area (Å²) >= 11 is 6.14. The molecular weight excluding hydrogens is 250 g/mol. The van der Waals surface area contributed by atoms with Crippen LogP contribution in [0.25, 0.3) is 5.52 Å². The van der Waals surface area contributed by atoms with E-state index in [1.807, 2.05) is 6.07 Å². The SMILES string of the molecule is CN1CCC(c2nc(Cl)c3cccc(O)n23)CC1. The van der Waals surface area contributed by atoms with E-state index in [0.717, 1.165) is 37.3 Å². The van der Waals surface area contributed by atoms with Crippen molar-refractivity contribution in [1.82, 2.24) is 14.3 Å². The molecule has 1 N–H and O–H groups in total. The van der Waals surface area contributed by atoms with Crippen molar-refractivity contribution in [3.05, 3.63) is 29.2 Å². The predicted octanol–water partition coefficient (Wildman–Crippen LogP) is 2.50. The second-order valence-corrected chi connectivity index (χ2v) is 5.30. The molecule has 3 rings (SSSR count). The van der Waals surface area contributed by atoms with Crippen molar-refractivity contribution in [2.24, 2.45) is 0 Å². The number of halogens is 1. The van der Waals surface area contributed by atoms with Crippen LogP contribution < -0.4 is 0 Å². The van der Waals surface area contributed by atoms with Crippen LogP contribution in [0.5, 0.6) is 5.88 Å². The van der Waals surface area contributed by atoms with Crippen molar-refractivity contribution >= 4 is 17.1 Å². The highest BCUT2D eigenvalue weighted by atomic mass is 35.5. The molecule has 1 aliphatic rings. The van der Waals surface area contributed by atoms with Crippen molar-refractivity contribution < 1.29 is 5.11 Å². The topological polar surface area (TPSA) is 40.8 Å². The molecule has 0 atom stereocenters. The van der Waals surface area contributed by atoms with E-state index in [1.165, 1.54) is 0 Å². The van der Waals surface area contributed by atoms with Crippen LogP contribution in [0.1, 0.15) is 24.6 Å². The molecule has 5 heteroatoms. The third-order valence-corrected chi connectivity index (χ3v) is 3.98. The van der Waals surface area contributed by atoms with E-state index >= 15 is 0 Å². The highest BCUT2D eigenvalue weighted by Crippen LogP contribution is 2.32. The van der Waals surface area contributed by atoms with Gasteiger partial charge in [-0.1, -0.05) is 17.7 Å². The van der Waals surface area contributed by atoms with E-state index < -0.39 is 0 Å². The number of nitrogens with zero attached hydrogens (tertiary/aromatic N) is 3. The molecule has 0 saturated carbocycles. The fourth-order valence-corrected chi connectivity index (χ4v) is 2.88. The summed E-state index contributed by atoms with van der Waals surface area (Å²) in [4.78, 5) is 6.76.